The van der Waals surface area contributed by atoms with Crippen LogP contribution in [0.15, 0.2) is 24.3 Å². The Kier molecular flexibility index (Phi) is 4.47. The van der Waals surface area contributed by atoms with Crippen LogP contribution in [-0.4, -0.2) is 12.6 Å². The molecular formula is C12H19NO. The van der Waals surface area contributed by atoms with Crippen molar-refractivity contribution >= 4 is 0 Å². The van der Waals surface area contributed by atoms with Crippen LogP contribution in [0.25, 0.3) is 0 Å². The summed E-state index contributed by atoms with van der Waals surface area (Å²) in [5.41, 5.74) is 6.74. The molecule has 0 radical (unpaired) electrons. The average Bonchev–Trinajstić information content (AvgIpc) is 2.21. The third-order valence-electron chi connectivity index (χ3n) is 2.29. The molecule has 0 bridgehead atoms. The largest absolute Gasteiger partial charge is 0.490 e. The number of ether oxygens (including phenoxy) is 1. The molecule has 0 unspecified atom stereocenters. The van der Waals surface area contributed by atoms with Gasteiger partial charge in [0.2, 0.25) is 0 Å². The van der Waals surface area contributed by atoms with Gasteiger partial charge in [-0.25, -0.2) is 0 Å². The van der Waals surface area contributed by atoms with Crippen LogP contribution >= 0.6 is 0 Å². The summed E-state index contributed by atoms with van der Waals surface area (Å²) in [5, 5.41) is 0. The fraction of sp³-hybridized carbons (Fsp3) is 0.500. The normalized spacial score (nSPS) is 12.5. The maximum absolute atomic E-state index is 5.79. The molecule has 0 aliphatic heterocycles. The summed E-state index contributed by atoms with van der Waals surface area (Å²) in [7, 11) is 0. The van der Waals surface area contributed by atoms with E-state index in [9.17, 15) is 0 Å². The first kappa shape index (κ1) is 11.1. The second-order valence-electron chi connectivity index (χ2n) is 3.48. The molecule has 0 aromatic heterocycles. The maximum Gasteiger partial charge on any atom is 0.122 e. The Morgan fingerprint density at radius 1 is 1.36 bits per heavy atom. The van der Waals surface area contributed by atoms with Gasteiger partial charge in [0, 0.05) is 0 Å². The molecule has 0 fully saturated rings. The number of hydrogen-bond donors (Lipinski definition) is 1. The van der Waals surface area contributed by atoms with Gasteiger partial charge in [-0.1, -0.05) is 25.1 Å². The molecule has 0 saturated heterocycles. The highest BCUT2D eigenvalue weighted by Gasteiger charge is 2.05. The summed E-state index contributed by atoms with van der Waals surface area (Å²) < 4.78 is 5.79. The van der Waals surface area contributed by atoms with Gasteiger partial charge < -0.3 is 10.5 Å². The zero-order chi connectivity index (χ0) is 10.4. The summed E-state index contributed by atoms with van der Waals surface area (Å²) in [5.74, 6) is 0.979. The minimum absolute atomic E-state index is 0.272. The SMILES string of the molecule is CC[C@@H](C)Oc1ccccc1CCN. The second-order valence-corrected chi connectivity index (χ2v) is 3.48. The number of rotatable bonds is 5. The van der Waals surface area contributed by atoms with Crippen LogP contribution in [0.2, 0.25) is 0 Å². The van der Waals surface area contributed by atoms with Crippen molar-refractivity contribution in [3.8, 4) is 5.75 Å². The zero-order valence-electron chi connectivity index (χ0n) is 8.99. The minimum Gasteiger partial charge on any atom is -0.490 e. The minimum atomic E-state index is 0.272. The molecule has 0 heterocycles. The van der Waals surface area contributed by atoms with Gasteiger partial charge >= 0.3 is 0 Å². The molecule has 2 heteroatoms. The lowest BCUT2D eigenvalue weighted by atomic mass is 10.1. The number of nitrogens with two attached hydrogens (primary N) is 1. The van der Waals surface area contributed by atoms with Crippen molar-refractivity contribution in [2.24, 2.45) is 5.73 Å². The number of hydrogen-bond acceptors (Lipinski definition) is 2. The van der Waals surface area contributed by atoms with Gasteiger partial charge in [0.05, 0.1) is 6.10 Å². The van der Waals surface area contributed by atoms with Crippen LogP contribution in [0.5, 0.6) is 5.75 Å². The predicted molar refractivity (Wildman–Crippen MR) is 59.6 cm³/mol. The van der Waals surface area contributed by atoms with E-state index in [1.807, 2.05) is 18.2 Å². The van der Waals surface area contributed by atoms with Crippen LogP contribution in [0, 0.1) is 0 Å². The Morgan fingerprint density at radius 2 is 2.07 bits per heavy atom. The van der Waals surface area contributed by atoms with Crippen molar-refractivity contribution in [1.29, 1.82) is 0 Å². The van der Waals surface area contributed by atoms with Crippen molar-refractivity contribution in [1.82, 2.24) is 0 Å². The highest BCUT2D eigenvalue weighted by molar-refractivity contribution is 5.33. The van der Waals surface area contributed by atoms with E-state index in [0.29, 0.717) is 6.54 Å². The zero-order valence-corrected chi connectivity index (χ0v) is 8.99. The number of para-hydroxylation sites is 1. The fourth-order valence-corrected chi connectivity index (χ4v) is 1.28. The van der Waals surface area contributed by atoms with E-state index in [1.54, 1.807) is 0 Å². The highest BCUT2D eigenvalue weighted by Crippen LogP contribution is 2.20. The van der Waals surface area contributed by atoms with Crippen LogP contribution in [0.1, 0.15) is 25.8 Å². The molecule has 0 aliphatic carbocycles. The van der Waals surface area contributed by atoms with Crippen LogP contribution in [0.3, 0.4) is 0 Å². The van der Waals surface area contributed by atoms with Crippen LogP contribution in [0.4, 0.5) is 0 Å². The monoisotopic (exact) mass is 193 g/mol. The third kappa shape index (κ3) is 3.04. The lowest BCUT2D eigenvalue weighted by molar-refractivity contribution is 0.215. The van der Waals surface area contributed by atoms with E-state index < -0.39 is 0 Å². The van der Waals surface area contributed by atoms with Gasteiger partial charge in [-0.15, -0.1) is 0 Å². The van der Waals surface area contributed by atoms with Crippen molar-refractivity contribution in [2.45, 2.75) is 32.8 Å². The van der Waals surface area contributed by atoms with Gasteiger partial charge in [-0.2, -0.15) is 0 Å². The molecular weight excluding hydrogens is 174 g/mol. The molecule has 0 saturated carbocycles. The summed E-state index contributed by atoms with van der Waals surface area (Å²) in [6.07, 6.45) is 2.18. The number of benzene rings is 1. The van der Waals surface area contributed by atoms with E-state index in [2.05, 4.69) is 19.9 Å². The van der Waals surface area contributed by atoms with Crippen LogP contribution < -0.4 is 10.5 Å². The maximum atomic E-state index is 5.79. The lowest BCUT2D eigenvalue weighted by Crippen LogP contribution is -2.12. The van der Waals surface area contributed by atoms with Crippen molar-refractivity contribution in [3.63, 3.8) is 0 Å². The van der Waals surface area contributed by atoms with Gasteiger partial charge in [0.15, 0.2) is 0 Å². The summed E-state index contributed by atoms with van der Waals surface area (Å²) in [6, 6.07) is 8.11. The topological polar surface area (TPSA) is 35.2 Å². The molecule has 1 atom stereocenters. The van der Waals surface area contributed by atoms with E-state index in [0.717, 1.165) is 18.6 Å². The highest BCUT2D eigenvalue weighted by atomic mass is 16.5. The Hall–Kier alpha value is -1.02. The van der Waals surface area contributed by atoms with E-state index >= 15 is 0 Å². The first-order chi connectivity index (χ1) is 6.77. The molecule has 14 heavy (non-hydrogen) atoms. The summed E-state index contributed by atoms with van der Waals surface area (Å²) in [6.45, 7) is 4.87. The molecule has 78 valence electrons. The smallest absolute Gasteiger partial charge is 0.122 e. The summed E-state index contributed by atoms with van der Waals surface area (Å²) >= 11 is 0. The van der Waals surface area contributed by atoms with E-state index in [4.69, 9.17) is 10.5 Å². The van der Waals surface area contributed by atoms with Gasteiger partial charge in [-0.05, 0) is 37.9 Å². The van der Waals surface area contributed by atoms with Gasteiger partial charge in [-0.3, -0.25) is 0 Å². The molecule has 0 spiro atoms. The summed E-state index contributed by atoms with van der Waals surface area (Å²) in [4.78, 5) is 0. The van der Waals surface area contributed by atoms with Crippen LogP contribution in [-0.2, 0) is 6.42 Å². The van der Waals surface area contributed by atoms with E-state index in [-0.39, 0.29) is 6.10 Å². The standard InChI is InChI=1S/C12H19NO/c1-3-10(2)14-12-7-5-4-6-11(12)8-9-13/h4-7,10H,3,8-9,13H2,1-2H3/t10-/m1/s1. The molecule has 2 nitrogen and oxygen atoms in total. The predicted octanol–water partition coefficient (Wildman–Crippen LogP) is 2.37. The fourth-order valence-electron chi connectivity index (χ4n) is 1.28. The molecule has 2 N–H and O–H groups in total. The van der Waals surface area contributed by atoms with Crippen molar-refractivity contribution in [3.05, 3.63) is 29.8 Å². The Bertz CT molecular complexity index is 273. The molecule has 1 aromatic rings. The lowest BCUT2D eigenvalue weighted by Gasteiger charge is -2.15. The first-order valence-electron chi connectivity index (χ1n) is 5.22. The molecule has 1 aromatic carbocycles. The van der Waals surface area contributed by atoms with Gasteiger partial charge in [0.1, 0.15) is 5.75 Å². The van der Waals surface area contributed by atoms with Gasteiger partial charge in [0.25, 0.3) is 0 Å². The molecule has 1 rings (SSSR count). The van der Waals surface area contributed by atoms with E-state index in [1.165, 1.54) is 5.56 Å². The van der Waals surface area contributed by atoms with Crippen molar-refractivity contribution in [2.75, 3.05) is 6.54 Å². The first-order valence-corrected chi connectivity index (χ1v) is 5.22. The Morgan fingerprint density at radius 3 is 2.71 bits per heavy atom. The quantitative estimate of drug-likeness (QED) is 0.779. The molecule has 0 aliphatic rings. The Labute approximate surface area is 86.1 Å². The molecule has 0 amide bonds. The Balaban J connectivity index is 2.73. The second kappa shape index (κ2) is 5.66. The third-order valence-corrected chi connectivity index (χ3v) is 2.29. The van der Waals surface area contributed by atoms with Crippen molar-refractivity contribution < 1.29 is 4.74 Å². The average molecular weight is 193 g/mol.